The van der Waals surface area contributed by atoms with Gasteiger partial charge in [0, 0.05) is 11.4 Å². The average Bonchev–Trinajstić information content (AvgIpc) is 2.21. The summed E-state index contributed by atoms with van der Waals surface area (Å²) in [7, 11) is 0. The molecular weight excluding hydrogens is 195 g/mol. The third-order valence-corrected chi connectivity index (χ3v) is 2.12. The van der Waals surface area contributed by atoms with Crippen LogP contribution in [0.25, 0.3) is 0 Å². The van der Waals surface area contributed by atoms with Crippen LogP contribution in [0, 0.1) is 5.41 Å². The van der Waals surface area contributed by atoms with Crippen molar-refractivity contribution in [1.29, 1.82) is 0 Å². The minimum absolute atomic E-state index is 0.338. The summed E-state index contributed by atoms with van der Waals surface area (Å²) >= 11 is 0. The van der Waals surface area contributed by atoms with Crippen LogP contribution in [0.4, 0.5) is 15.8 Å². The van der Waals surface area contributed by atoms with E-state index in [2.05, 4.69) is 5.32 Å². The minimum atomic E-state index is -0.999. The molecule has 1 amide bonds. The van der Waals surface area contributed by atoms with Crippen molar-refractivity contribution in [3.8, 4) is 0 Å². The standard InChI is InChI=1S/C11H15FN2O/c1-11(2,7-12)10(15)14-9-5-3-8(13)4-6-9/h3-6H,7,13H2,1-2H3,(H,14,15). The summed E-state index contributed by atoms with van der Waals surface area (Å²) < 4.78 is 12.5. The number of alkyl halides is 1. The lowest BCUT2D eigenvalue weighted by molar-refractivity contribution is -0.124. The highest BCUT2D eigenvalue weighted by atomic mass is 19.1. The predicted octanol–water partition coefficient (Wildman–Crippen LogP) is 2.20. The molecule has 3 nitrogen and oxygen atoms in total. The van der Waals surface area contributed by atoms with E-state index in [0.29, 0.717) is 11.4 Å². The average molecular weight is 210 g/mol. The van der Waals surface area contributed by atoms with Gasteiger partial charge in [0.2, 0.25) is 5.91 Å². The van der Waals surface area contributed by atoms with E-state index < -0.39 is 12.1 Å². The Morgan fingerprint density at radius 3 is 2.40 bits per heavy atom. The largest absolute Gasteiger partial charge is 0.399 e. The van der Waals surface area contributed by atoms with Gasteiger partial charge in [-0.05, 0) is 38.1 Å². The fourth-order valence-electron chi connectivity index (χ4n) is 0.927. The highest BCUT2D eigenvalue weighted by Gasteiger charge is 2.27. The number of hydrogen-bond acceptors (Lipinski definition) is 2. The summed E-state index contributed by atoms with van der Waals surface area (Å²) in [6.07, 6.45) is 0. The minimum Gasteiger partial charge on any atom is -0.399 e. The second-order valence-electron chi connectivity index (χ2n) is 4.09. The van der Waals surface area contributed by atoms with Crippen molar-refractivity contribution < 1.29 is 9.18 Å². The molecule has 0 saturated heterocycles. The monoisotopic (exact) mass is 210 g/mol. The van der Waals surface area contributed by atoms with E-state index in [1.165, 1.54) is 0 Å². The first-order valence-electron chi connectivity index (χ1n) is 4.68. The van der Waals surface area contributed by atoms with Crippen LogP contribution in [0.1, 0.15) is 13.8 Å². The number of rotatable bonds is 3. The third kappa shape index (κ3) is 2.94. The summed E-state index contributed by atoms with van der Waals surface area (Å²) in [5.74, 6) is -0.338. The van der Waals surface area contributed by atoms with E-state index in [1.807, 2.05) is 0 Å². The van der Waals surface area contributed by atoms with Gasteiger partial charge in [-0.25, -0.2) is 4.39 Å². The van der Waals surface area contributed by atoms with Gasteiger partial charge in [-0.15, -0.1) is 0 Å². The number of hydrogen-bond donors (Lipinski definition) is 2. The van der Waals surface area contributed by atoms with Crippen LogP contribution >= 0.6 is 0 Å². The quantitative estimate of drug-likeness (QED) is 0.751. The predicted molar refractivity (Wildman–Crippen MR) is 59.2 cm³/mol. The Kier molecular flexibility index (Phi) is 3.29. The van der Waals surface area contributed by atoms with Gasteiger partial charge >= 0.3 is 0 Å². The number of nitrogen functional groups attached to an aromatic ring is 1. The molecule has 0 radical (unpaired) electrons. The molecule has 3 N–H and O–H groups in total. The molecule has 0 spiro atoms. The number of anilines is 2. The van der Waals surface area contributed by atoms with Crippen molar-refractivity contribution in [2.24, 2.45) is 5.41 Å². The molecule has 0 aliphatic carbocycles. The lowest BCUT2D eigenvalue weighted by Gasteiger charge is -2.19. The molecule has 0 saturated carbocycles. The molecule has 0 bridgehead atoms. The van der Waals surface area contributed by atoms with E-state index >= 15 is 0 Å². The van der Waals surface area contributed by atoms with Gasteiger partial charge in [0.1, 0.15) is 6.67 Å². The summed E-state index contributed by atoms with van der Waals surface area (Å²) in [6.45, 7) is 2.42. The van der Waals surface area contributed by atoms with Crippen molar-refractivity contribution in [2.75, 3.05) is 17.7 Å². The highest BCUT2D eigenvalue weighted by Crippen LogP contribution is 2.19. The maximum atomic E-state index is 12.5. The van der Waals surface area contributed by atoms with Crippen molar-refractivity contribution in [1.82, 2.24) is 0 Å². The summed E-state index contributed by atoms with van der Waals surface area (Å²) in [5.41, 5.74) is 5.74. The van der Waals surface area contributed by atoms with Crippen molar-refractivity contribution in [2.45, 2.75) is 13.8 Å². The first-order chi connectivity index (χ1) is 6.95. The second-order valence-corrected chi connectivity index (χ2v) is 4.09. The number of nitrogens with one attached hydrogen (secondary N) is 1. The molecule has 4 heteroatoms. The lowest BCUT2D eigenvalue weighted by atomic mass is 9.94. The van der Waals surface area contributed by atoms with Crippen LogP contribution in [0.3, 0.4) is 0 Å². The molecule has 15 heavy (non-hydrogen) atoms. The van der Waals surface area contributed by atoms with Gasteiger partial charge in [0.25, 0.3) is 0 Å². The summed E-state index contributed by atoms with van der Waals surface area (Å²) in [6, 6.07) is 6.72. The SMILES string of the molecule is CC(C)(CF)C(=O)Nc1ccc(N)cc1. The first-order valence-corrected chi connectivity index (χ1v) is 4.68. The Labute approximate surface area is 88.5 Å². The molecular formula is C11H15FN2O. The van der Waals surface area contributed by atoms with Gasteiger partial charge < -0.3 is 11.1 Å². The maximum absolute atomic E-state index is 12.5. The van der Waals surface area contributed by atoms with E-state index in [0.717, 1.165) is 0 Å². The smallest absolute Gasteiger partial charge is 0.232 e. The highest BCUT2D eigenvalue weighted by molar-refractivity contribution is 5.95. The van der Waals surface area contributed by atoms with Gasteiger partial charge in [-0.3, -0.25) is 4.79 Å². The third-order valence-electron chi connectivity index (χ3n) is 2.12. The Morgan fingerprint density at radius 1 is 1.40 bits per heavy atom. The molecule has 1 aromatic rings. The van der Waals surface area contributed by atoms with Crippen LogP contribution in [-0.4, -0.2) is 12.6 Å². The first kappa shape index (κ1) is 11.5. The lowest BCUT2D eigenvalue weighted by Crippen LogP contribution is -2.32. The summed E-state index contributed by atoms with van der Waals surface area (Å²) in [5, 5.41) is 2.63. The number of nitrogens with two attached hydrogens (primary N) is 1. The van der Waals surface area contributed by atoms with Crippen LogP contribution < -0.4 is 11.1 Å². The molecule has 0 fully saturated rings. The van der Waals surface area contributed by atoms with Crippen LogP contribution in [-0.2, 0) is 4.79 Å². The number of carbonyl (C=O) groups excluding carboxylic acids is 1. The molecule has 1 rings (SSSR count). The zero-order chi connectivity index (χ0) is 11.5. The normalized spacial score (nSPS) is 11.1. The molecule has 0 aliphatic rings. The fourth-order valence-corrected chi connectivity index (χ4v) is 0.927. The zero-order valence-corrected chi connectivity index (χ0v) is 8.88. The van der Waals surface area contributed by atoms with Crippen molar-refractivity contribution in [3.05, 3.63) is 24.3 Å². The second kappa shape index (κ2) is 4.29. The van der Waals surface area contributed by atoms with Gasteiger partial charge in [-0.2, -0.15) is 0 Å². The van der Waals surface area contributed by atoms with E-state index in [-0.39, 0.29) is 5.91 Å². The summed E-state index contributed by atoms with van der Waals surface area (Å²) in [4.78, 5) is 11.6. The van der Waals surface area contributed by atoms with Crippen LogP contribution in [0.5, 0.6) is 0 Å². The number of benzene rings is 1. The van der Waals surface area contributed by atoms with Crippen molar-refractivity contribution >= 4 is 17.3 Å². The molecule has 0 aliphatic heterocycles. The number of amides is 1. The van der Waals surface area contributed by atoms with Crippen LogP contribution in [0.15, 0.2) is 24.3 Å². The van der Waals surface area contributed by atoms with E-state index in [1.54, 1.807) is 38.1 Å². The molecule has 82 valence electrons. The van der Waals surface area contributed by atoms with Gasteiger partial charge in [0.15, 0.2) is 0 Å². The maximum Gasteiger partial charge on any atom is 0.232 e. The molecule has 1 aromatic carbocycles. The Hall–Kier alpha value is -1.58. The topological polar surface area (TPSA) is 55.1 Å². The molecule has 0 unspecified atom stereocenters. The molecule has 0 atom stereocenters. The van der Waals surface area contributed by atoms with Crippen LogP contribution in [0.2, 0.25) is 0 Å². The Morgan fingerprint density at radius 2 is 1.93 bits per heavy atom. The molecule has 0 heterocycles. The van der Waals surface area contributed by atoms with E-state index in [4.69, 9.17) is 5.73 Å². The van der Waals surface area contributed by atoms with Gasteiger partial charge in [0.05, 0.1) is 5.41 Å². The molecule has 0 aromatic heterocycles. The van der Waals surface area contributed by atoms with Crippen molar-refractivity contribution in [3.63, 3.8) is 0 Å². The fraction of sp³-hybridized carbons (Fsp3) is 0.364. The Balaban J connectivity index is 2.71. The Bertz CT molecular complexity index is 346. The number of carbonyl (C=O) groups is 1. The number of halogens is 1. The van der Waals surface area contributed by atoms with E-state index in [9.17, 15) is 9.18 Å². The van der Waals surface area contributed by atoms with Gasteiger partial charge in [-0.1, -0.05) is 0 Å². The zero-order valence-electron chi connectivity index (χ0n) is 8.88.